The van der Waals surface area contributed by atoms with Crippen LogP contribution >= 0.6 is 0 Å². The molecule has 0 saturated carbocycles. The third-order valence-corrected chi connectivity index (χ3v) is 4.86. The number of anilines is 1. The van der Waals surface area contributed by atoms with E-state index < -0.39 is 10.3 Å². The van der Waals surface area contributed by atoms with Gasteiger partial charge in [-0.3, -0.25) is 5.01 Å². The number of aromatic nitrogens is 3. The maximum absolute atomic E-state index is 11.1. The number of nitrogens with two attached hydrogens (primary N) is 1. The number of rotatable bonds is 5. The van der Waals surface area contributed by atoms with Crippen LogP contribution in [0.2, 0.25) is 0 Å². The zero-order valence-corrected chi connectivity index (χ0v) is 16.6. The highest BCUT2D eigenvalue weighted by molar-refractivity contribution is 7.84. The Morgan fingerprint density at radius 1 is 1.10 bits per heavy atom. The Balaban J connectivity index is 1.73. The standard InChI is InChI=1S/C20H16N6O3S/c1-25(26-13-23-17-4-2-3-5-18(17)26)19-11-8-15(12-21)20(24-19)14-6-9-16(10-7-14)29-30(22,27)28/h2-11,13H,1H3,(H2,22,27,28). The van der Waals surface area contributed by atoms with E-state index in [0.717, 1.165) is 11.0 Å². The molecule has 0 amide bonds. The smallest absolute Gasteiger partial charge is 0.371 e. The Hall–Kier alpha value is -3.94. The largest absolute Gasteiger partial charge is 0.380 e. The molecule has 9 nitrogen and oxygen atoms in total. The summed E-state index contributed by atoms with van der Waals surface area (Å²) in [5.41, 5.74) is 3.22. The van der Waals surface area contributed by atoms with Crippen LogP contribution in [0.15, 0.2) is 67.0 Å². The monoisotopic (exact) mass is 420 g/mol. The molecular weight excluding hydrogens is 404 g/mol. The molecule has 0 unspecified atom stereocenters. The van der Waals surface area contributed by atoms with Crippen molar-refractivity contribution in [2.75, 3.05) is 12.1 Å². The molecule has 150 valence electrons. The first-order valence-corrected chi connectivity index (χ1v) is 10.2. The lowest BCUT2D eigenvalue weighted by Crippen LogP contribution is -2.24. The summed E-state index contributed by atoms with van der Waals surface area (Å²) < 4.78 is 28.6. The van der Waals surface area contributed by atoms with E-state index in [1.807, 2.05) is 41.0 Å². The molecule has 4 rings (SSSR count). The minimum absolute atomic E-state index is 0.0675. The van der Waals surface area contributed by atoms with Gasteiger partial charge >= 0.3 is 10.3 Å². The fourth-order valence-electron chi connectivity index (χ4n) is 3.04. The number of hydrogen-bond donors (Lipinski definition) is 1. The summed E-state index contributed by atoms with van der Waals surface area (Å²) in [6, 6.07) is 19.4. The summed E-state index contributed by atoms with van der Waals surface area (Å²) in [6.07, 6.45) is 1.70. The fraction of sp³-hybridized carbons (Fsp3) is 0.0500. The Kier molecular flexibility index (Phi) is 4.83. The maximum atomic E-state index is 11.1. The number of hydrogen-bond acceptors (Lipinski definition) is 7. The first-order chi connectivity index (χ1) is 14.4. The number of imidazole rings is 1. The van der Waals surface area contributed by atoms with Gasteiger partial charge in [0.05, 0.1) is 22.3 Å². The van der Waals surface area contributed by atoms with Crippen molar-refractivity contribution in [3.8, 4) is 23.1 Å². The predicted octanol–water partition coefficient (Wildman–Crippen LogP) is 2.45. The molecule has 0 fully saturated rings. The van der Waals surface area contributed by atoms with Gasteiger partial charge in [0.25, 0.3) is 0 Å². The van der Waals surface area contributed by atoms with Crippen LogP contribution in [0.3, 0.4) is 0 Å². The third-order valence-electron chi connectivity index (χ3n) is 4.43. The molecule has 2 aromatic carbocycles. The second kappa shape index (κ2) is 7.47. The highest BCUT2D eigenvalue weighted by Crippen LogP contribution is 2.27. The predicted molar refractivity (Wildman–Crippen MR) is 112 cm³/mol. The van der Waals surface area contributed by atoms with E-state index in [1.54, 1.807) is 30.6 Å². The zero-order valence-electron chi connectivity index (χ0n) is 15.8. The molecule has 0 saturated heterocycles. The Morgan fingerprint density at radius 3 is 2.53 bits per heavy atom. The van der Waals surface area contributed by atoms with Crippen molar-refractivity contribution in [2.24, 2.45) is 5.14 Å². The van der Waals surface area contributed by atoms with Gasteiger partial charge < -0.3 is 4.18 Å². The minimum Gasteiger partial charge on any atom is -0.371 e. The van der Waals surface area contributed by atoms with Gasteiger partial charge in [0.2, 0.25) is 0 Å². The molecule has 4 aromatic rings. The van der Waals surface area contributed by atoms with Crippen molar-refractivity contribution >= 4 is 27.2 Å². The fourth-order valence-corrected chi connectivity index (χ4v) is 3.42. The normalized spacial score (nSPS) is 11.2. The molecule has 2 N–H and O–H groups in total. The van der Waals surface area contributed by atoms with Crippen molar-refractivity contribution < 1.29 is 12.6 Å². The molecule has 0 radical (unpaired) electrons. The lowest BCUT2D eigenvalue weighted by atomic mass is 10.1. The van der Waals surface area contributed by atoms with Gasteiger partial charge in [-0.05, 0) is 48.5 Å². The van der Waals surface area contributed by atoms with Crippen molar-refractivity contribution in [1.82, 2.24) is 14.6 Å². The first kappa shape index (κ1) is 19.4. The summed E-state index contributed by atoms with van der Waals surface area (Å²) in [5.74, 6) is 0.662. The van der Waals surface area contributed by atoms with Crippen LogP contribution in [0, 0.1) is 11.3 Å². The van der Waals surface area contributed by atoms with E-state index in [1.165, 1.54) is 12.1 Å². The van der Waals surface area contributed by atoms with Crippen LogP contribution in [0.4, 0.5) is 5.82 Å². The molecule has 30 heavy (non-hydrogen) atoms. The van der Waals surface area contributed by atoms with Crippen LogP contribution in [0.5, 0.6) is 5.75 Å². The van der Waals surface area contributed by atoms with Crippen LogP contribution in [-0.2, 0) is 10.3 Å². The second-order valence-electron chi connectivity index (χ2n) is 6.38. The summed E-state index contributed by atoms with van der Waals surface area (Å²) in [7, 11) is -2.27. The van der Waals surface area contributed by atoms with Gasteiger partial charge in [0.1, 0.15) is 24.0 Å². The van der Waals surface area contributed by atoms with Crippen LogP contribution in [0.25, 0.3) is 22.3 Å². The number of fused-ring (bicyclic) bond motifs is 1. The molecule has 10 heteroatoms. The maximum Gasteiger partial charge on any atom is 0.380 e. The molecule has 0 aliphatic rings. The molecule has 0 aliphatic heterocycles. The van der Waals surface area contributed by atoms with Gasteiger partial charge in [0, 0.05) is 12.6 Å². The molecule has 0 bridgehead atoms. The zero-order chi connectivity index (χ0) is 21.3. The van der Waals surface area contributed by atoms with Gasteiger partial charge in [-0.1, -0.05) is 12.1 Å². The molecular formula is C20H16N6O3S. The average Bonchev–Trinajstić information content (AvgIpc) is 3.16. The van der Waals surface area contributed by atoms with Gasteiger partial charge in [-0.15, -0.1) is 0 Å². The van der Waals surface area contributed by atoms with E-state index in [2.05, 4.69) is 20.2 Å². The summed E-state index contributed by atoms with van der Waals surface area (Å²) >= 11 is 0. The molecule has 2 aromatic heterocycles. The minimum atomic E-state index is -4.11. The molecule has 0 spiro atoms. The highest BCUT2D eigenvalue weighted by Gasteiger charge is 2.14. The van der Waals surface area contributed by atoms with Crippen molar-refractivity contribution in [3.05, 3.63) is 72.6 Å². The second-order valence-corrected chi connectivity index (χ2v) is 7.53. The number of benzene rings is 2. The summed E-state index contributed by atoms with van der Waals surface area (Å²) in [6.45, 7) is 0. The van der Waals surface area contributed by atoms with E-state index >= 15 is 0 Å². The number of para-hydroxylation sites is 2. The van der Waals surface area contributed by atoms with E-state index in [9.17, 15) is 13.7 Å². The van der Waals surface area contributed by atoms with Crippen molar-refractivity contribution in [1.29, 1.82) is 5.26 Å². The van der Waals surface area contributed by atoms with E-state index in [0.29, 0.717) is 22.6 Å². The lowest BCUT2D eigenvalue weighted by Gasteiger charge is -2.21. The van der Waals surface area contributed by atoms with Gasteiger partial charge in [0.15, 0.2) is 0 Å². The van der Waals surface area contributed by atoms with E-state index in [-0.39, 0.29) is 5.75 Å². The summed E-state index contributed by atoms with van der Waals surface area (Å²) in [5, 5.41) is 16.2. The molecule has 0 aliphatic carbocycles. The first-order valence-electron chi connectivity index (χ1n) is 8.75. The third kappa shape index (κ3) is 3.80. The molecule has 0 atom stereocenters. The number of nitriles is 1. The topological polar surface area (TPSA) is 127 Å². The lowest BCUT2D eigenvalue weighted by molar-refractivity contribution is 0.488. The molecule has 2 heterocycles. The van der Waals surface area contributed by atoms with Gasteiger partial charge in [-0.25, -0.2) is 14.6 Å². The van der Waals surface area contributed by atoms with Crippen LogP contribution < -0.4 is 14.3 Å². The van der Waals surface area contributed by atoms with Crippen LogP contribution in [0.1, 0.15) is 5.56 Å². The Bertz CT molecular complexity index is 1370. The average molecular weight is 420 g/mol. The number of pyridine rings is 1. The number of nitrogens with zero attached hydrogens (tertiary/aromatic N) is 5. The van der Waals surface area contributed by atoms with Crippen molar-refractivity contribution in [3.63, 3.8) is 0 Å². The van der Waals surface area contributed by atoms with Gasteiger partial charge in [-0.2, -0.15) is 18.8 Å². The quantitative estimate of drug-likeness (QED) is 0.525. The summed E-state index contributed by atoms with van der Waals surface area (Å²) in [4.78, 5) is 9.04. The van der Waals surface area contributed by atoms with Crippen molar-refractivity contribution in [2.45, 2.75) is 0 Å². The van der Waals surface area contributed by atoms with Crippen LogP contribution in [-0.4, -0.2) is 30.1 Å². The SMILES string of the molecule is CN(c1ccc(C#N)c(-c2ccc(OS(N)(=O)=O)cc2)n1)n1cnc2ccccc21. The Morgan fingerprint density at radius 2 is 1.83 bits per heavy atom. The highest BCUT2D eigenvalue weighted by atomic mass is 32.2. The van der Waals surface area contributed by atoms with E-state index in [4.69, 9.17) is 5.14 Å². The Labute approximate surface area is 172 Å².